The van der Waals surface area contributed by atoms with Crippen molar-refractivity contribution < 1.29 is 0 Å². The van der Waals surface area contributed by atoms with Crippen LogP contribution in [0.4, 0.5) is 0 Å². The Labute approximate surface area is 272 Å². The lowest BCUT2D eigenvalue weighted by molar-refractivity contribution is 1.07. The Morgan fingerprint density at radius 1 is 0.319 bits per heavy atom. The highest BCUT2D eigenvalue weighted by Crippen LogP contribution is 2.37. The summed E-state index contributed by atoms with van der Waals surface area (Å²) in [6, 6.07) is 59.2. The maximum atomic E-state index is 5.07. The highest BCUT2D eigenvalue weighted by molar-refractivity contribution is 6.11. The van der Waals surface area contributed by atoms with Crippen molar-refractivity contribution in [1.29, 1.82) is 0 Å². The van der Waals surface area contributed by atoms with Crippen LogP contribution in [0.3, 0.4) is 0 Å². The third kappa shape index (κ3) is 4.75. The number of para-hydroxylation sites is 1. The highest BCUT2D eigenvalue weighted by Gasteiger charge is 2.17. The van der Waals surface area contributed by atoms with Gasteiger partial charge in [-0.05, 0) is 46.8 Å². The highest BCUT2D eigenvalue weighted by atomic mass is 15.0. The smallest absolute Gasteiger partial charge is 0.164 e. The zero-order chi connectivity index (χ0) is 31.2. The summed E-state index contributed by atoms with van der Waals surface area (Å²) < 4.78 is 2.37. The van der Waals surface area contributed by atoms with Crippen molar-refractivity contribution in [3.05, 3.63) is 170 Å². The molecule has 0 bridgehead atoms. The second-order valence-corrected chi connectivity index (χ2v) is 11.7. The van der Waals surface area contributed by atoms with Crippen molar-refractivity contribution in [3.63, 3.8) is 0 Å². The predicted molar refractivity (Wildman–Crippen MR) is 193 cm³/mol. The van der Waals surface area contributed by atoms with Gasteiger partial charge in [0.2, 0.25) is 0 Å². The standard InChI is InChI=1S/C43H28N4/c1-3-12-29(13-4-1)30-22-24-33(25-23-30)42-44-41(32-15-5-2-6-16-32)45-43(46-42)34-26-27-40-37(28-34)36-19-9-10-20-39(36)47(40)38-21-11-17-31-14-7-8-18-35(31)38/h1-28H. The molecule has 0 amide bonds. The van der Waals surface area contributed by atoms with Crippen LogP contribution in [0.2, 0.25) is 0 Å². The molecule has 0 spiro atoms. The average Bonchev–Trinajstić information content (AvgIpc) is 3.49. The van der Waals surface area contributed by atoms with E-state index >= 15 is 0 Å². The van der Waals surface area contributed by atoms with Crippen LogP contribution in [0, 0.1) is 0 Å². The van der Waals surface area contributed by atoms with Gasteiger partial charge >= 0.3 is 0 Å². The van der Waals surface area contributed by atoms with Gasteiger partial charge in [-0.2, -0.15) is 0 Å². The molecule has 0 unspecified atom stereocenters. The molecule has 7 aromatic carbocycles. The van der Waals surface area contributed by atoms with Crippen LogP contribution in [0.25, 0.3) is 83.6 Å². The summed E-state index contributed by atoms with van der Waals surface area (Å²) in [5.41, 5.74) is 8.63. The van der Waals surface area contributed by atoms with E-state index in [0.29, 0.717) is 17.5 Å². The lowest BCUT2D eigenvalue weighted by atomic mass is 10.0. The molecule has 47 heavy (non-hydrogen) atoms. The van der Waals surface area contributed by atoms with E-state index in [-0.39, 0.29) is 0 Å². The maximum absolute atomic E-state index is 5.07. The number of aromatic nitrogens is 4. The molecular formula is C43H28N4. The Bertz CT molecular complexity index is 2550. The Morgan fingerprint density at radius 3 is 1.55 bits per heavy atom. The lowest BCUT2D eigenvalue weighted by Crippen LogP contribution is -2.00. The monoisotopic (exact) mass is 600 g/mol. The zero-order valence-electron chi connectivity index (χ0n) is 25.5. The molecule has 0 aliphatic carbocycles. The van der Waals surface area contributed by atoms with E-state index in [1.807, 2.05) is 36.4 Å². The van der Waals surface area contributed by atoms with Crippen LogP contribution in [0.5, 0.6) is 0 Å². The van der Waals surface area contributed by atoms with Crippen molar-refractivity contribution in [3.8, 4) is 51.0 Å². The van der Waals surface area contributed by atoms with Gasteiger partial charge in [-0.3, -0.25) is 0 Å². The fourth-order valence-electron chi connectivity index (χ4n) is 6.57. The molecular weight excluding hydrogens is 573 g/mol. The number of benzene rings is 7. The Morgan fingerprint density at radius 2 is 0.809 bits per heavy atom. The summed E-state index contributed by atoms with van der Waals surface area (Å²) in [7, 11) is 0. The molecule has 2 heterocycles. The summed E-state index contributed by atoms with van der Waals surface area (Å²) in [5, 5.41) is 4.78. The number of rotatable bonds is 5. The van der Waals surface area contributed by atoms with Gasteiger partial charge < -0.3 is 4.57 Å². The van der Waals surface area contributed by atoms with Crippen molar-refractivity contribution in [2.75, 3.05) is 0 Å². The van der Waals surface area contributed by atoms with Crippen LogP contribution < -0.4 is 0 Å². The molecule has 4 nitrogen and oxygen atoms in total. The number of hydrogen-bond donors (Lipinski definition) is 0. The fourth-order valence-corrected chi connectivity index (χ4v) is 6.57. The molecule has 0 saturated heterocycles. The topological polar surface area (TPSA) is 43.6 Å². The molecule has 0 fully saturated rings. The number of fused-ring (bicyclic) bond motifs is 4. The molecule has 9 rings (SSSR count). The Hall–Kier alpha value is -6.39. The van der Waals surface area contributed by atoms with Gasteiger partial charge in [0.15, 0.2) is 17.5 Å². The summed E-state index contributed by atoms with van der Waals surface area (Å²) in [6.07, 6.45) is 0. The van der Waals surface area contributed by atoms with Crippen LogP contribution in [0.15, 0.2) is 170 Å². The first-order chi connectivity index (χ1) is 23.3. The van der Waals surface area contributed by atoms with Crippen LogP contribution in [-0.4, -0.2) is 19.5 Å². The van der Waals surface area contributed by atoms with Gasteiger partial charge in [0.1, 0.15) is 0 Å². The first-order valence-electron chi connectivity index (χ1n) is 15.8. The third-order valence-corrected chi connectivity index (χ3v) is 8.86. The number of hydrogen-bond acceptors (Lipinski definition) is 3. The average molecular weight is 601 g/mol. The van der Waals surface area contributed by atoms with E-state index in [0.717, 1.165) is 44.4 Å². The summed E-state index contributed by atoms with van der Waals surface area (Å²) in [6.45, 7) is 0. The van der Waals surface area contributed by atoms with Gasteiger partial charge in [-0.15, -0.1) is 0 Å². The van der Waals surface area contributed by atoms with E-state index in [2.05, 4.69) is 138 Å². The molecule has 0 radical (unpaired) electrons. The molecule has 9 aromatic rings. The van der Waals surface area contributed by atoms with E-state index < -0.39 is 0 Å². The predicted octanol–water partition coefficient (Wildman–Crippen LogP) is 10.8. The quantitative estimate of drug-likeness (QED) is 0.197. The molecule has 4 heteroatoms. The van der Waals surface area contributed by atoms with Crippen molar-refractivity contribution >= 4 is 32.6 Å². The Balaban J connectivity index is 1.22. The van der Waals surface area contributed by atoms with Gasteiger partial charge in [-0.25, -0.2) is 15.0 Å². The fraction of sp³-hybridized carbons (Fsp3) is 0. The minimum Gasteiger partial charge on any atom is -0.309 e. The minimum atomic E-state index is 0.643. The van der Waals surface area contributed by atoms with Crippen molar-refractivity contribution in [1.82, 2.24) is 19.5 Å². The lowest BCUT2D eigenvalue weighted by Gasteiger charge is -2.12. The van der Waals surface area contributed by atoms with Gasteiger partial charge in [0.05, 0.1) is 16.7 Å². The SMILES string of the molecule is c1ccc(-c2ccc(-c3nc(-c4ccccc4)nc(-c4ccc5c(c4)c4ccccc4n5-c4cccc5ccccc45)n3)cc2)cc1. The molecule has 2 aromatic heterocycles. The van der Waals surface area contributed by atoms with E-state index in [1.165, 1.54) is 21.7 Å². The zero-order valence-corrected chi connectivity index (χ0v) is 25.5. The maximum Gasteiger partial charge on any atom is 0.164 e. The Kier molecular flexibility index (Phi) is 6.43. The molecule has 0 N–H and O–H groups in total. The first kappa shape index (κ1) is 27.0. The van der Waals surface area contributed by atoms with Crippen molar-refractivity contribution in [2.24, 2.45) is 0 Å². The van der Waals surface area contributed by atoms with Gasteiger partial charge in [0.25, 0.3) is 0 Å². The number of nitrogens with zero attached hydrogens (tertiary/aromatic N) is 4. The molecule has 0 atom stereocenters. The summed E-state index contributed by atoms with van der Waals surface area (Å²) >= 11 is 0. The third-order valence-electron chi connectivity index (χ3n) is 8.86. The summed E-state index contributed by atoms with van der Waals surface area (Å²) in [4.78, 5) is 15.1. The largest absolute Gasteiger partial charge is 0.309 e. The molecule has 0 saturated carbocycles. The molecule has 220 valence electrons. The van der Waals surface area contributed by atoms with E-state index in [4.69, 9.17) is 15.0 Å². The van der Waals surface area contributed by atoms with E-state index in [1.54, 1.807) is 0 Å². The van der Waals surface area contributed by atoms with Crippen molar-refractivity contribution in [2.45, 2.75) is 0 Å². The second kappa shape index (κ2) is 11.2. The van der Waals surface area contributed by atoms with Gasteiger partial charge in [0, 0.05) is 32.8 Å². The molecule has 0 aliphatic rings. The van der Waals surface area contributed by atoms with Crippen LogP contribution in [-0.2, 0) is 0 Å². The van der Waals surface area contributed by atoms with Gasteiger partial charge in [-0.1, -0.05) is 140 Å². The van der Waals surface area contributed by atoms with Crippen LogP contribution >= 0.6 is 0 Å². The second-order valence-electron chi connectivity index (χ2n) is 11.7. The normalized spacial score (nSPS) is 11.4. The van der Waals surface area contributed by atoms with E-state index in [9.17, 15) is 0 Å². The van der Waals surface area contributed by atoms with Crippen LogP contribution in [0.1, 0.15) is 0 Å². The first-order valence-corrected chi connectivity index (χ1v) is 15.8. The minimum absolute atomic E-state index is 0.643. The molecule has 0 aliphatic heterocycles. The summed E-state index contributed by atoms with van der Waals surface area (Å²) in [5.74, 6) is 1.94.